The van der Waals surface area contributed by atoms with Crippen molar-refractivity contribution in [1.82, 2.24) is 15.1 Å². The molecule has 2 heterocycles. The standard InChI is InChI=1S/C23H30N4O2/c1-3-18-9-10-21(17(2)15-18)25-22(28)20-16-24-27(19-7-5-4-6-8-19)23(20)26-11-13-29-14-12-26/h4-8,16,18,21H,2-3,9-15H2,1H3,(H,25,28). The van der Waals surface area contributed by atoms with Crippen LogP contribution in [-0.4, -0.2) is 48.0 Å². The van der Waals surface area contributed by atoms with E-state index in [9.17, 15) is 4.79 Å². The molecule has 0 radical (unpaired) electrons. The number of rotatable bonds is 5. The van der Waals surface area contributed by atoms with E-state index in [1.54, 1.807) is 6.20 Å². The van der Waals surface area contributed by atoms with Crippen LogP contribution < -0.4 is 10.2 Å². The topological polar surface area (TPSA) is 59.4 Å². The van der Waals surface area contributed by atoms with E-state index in [-0.39, 0.29) is 11.9 Å². The van der Waals surface area contributed by atoms with E-state index in [1.165, 1.54) is 6.42 Å². The first-order valence-electron chi connectivity index (χ1n) is 10.6. The van der Waals surface area contributed by atoms with Crippen molar-refractivity contribution >= 4 is 11.7 Å². The fourth-order valence-electron chi connectivity index (χ4n) is 4.32. The van der Waals surface area contributed by atoms with Crippen LogP contribution in [0.5, 0.6) is 0 Å². The number of nitrogens with zero attached hydrogens (tertiary/aromatic N) is 3. The highest BCUT2D eigenvalue weighted by molar-refractivity contribution is 5.99. The third kappa shape index (κ3) is 4.22. The zero-order valence-electron chi connectivity index (χ0n) is 17.1. The van der Waals surface area contributed by atoms with E-state index < -0.39 is 0 Å². The molecule has 154 valence electrons. The second-order valence-electron chi connectivity index (χ2n) is 7.97. The Bertz CT molecular complexity index is 855. The molecule has 1 aromatic heterocycles. The van der Waals surface area contributed by atoms with Crippen molar-refractivity contribution in [3.63, 3.8) is 0 Å². The highest BCUT2D eigenvalue weighted by Gasteiger charge is 2.29. The average Bonchev–Trinajstić information content (AvgIpc) is 3.21. The van der Waals surface area contributed by atoms with Crippen LogP contribution in [0.25, 0.3) is 5.69 Å². The van der Waals surface area contributed by atoms with Gasteiger partial charge in [-0.25, -0.2) is 4.68 Å². The minimum absolute atomic E-state index is 0.0444. The van der Waals surface area contributed by atoms with E-state index >= 15 is 0 Å². The largest absolute Gasteiger partial charge is 0.378 e. The molecule has 1 saturated heterocycles. The Morgan fingerprint density at radius 3 is 2.69 bits per heavy atom. The van der Waals surface area contributed by atoms with Crippen LogP contribution in [0.1, 0.15) is 43.0 Å². The lowest BCUT2D eigenvalue weighted by Crippen LogP contribution is -2.41. The Hall–Kier alpha value is -2.60. The monoisotopic (exact) mass is 394 g/mol. The van der Waals surface area contributed by atoms with Crippen LogP contribution >= 0.6 is 0 Å². The third-order valence-corrected chi connectivity index (χ3v) is 6.09. The maximum Gasteiger partial charge on any atom is 0.257 e. The van der Waals surface area contributed by atoms with Crippen LogP contribution in [0, 0.1) is 5.92 Å². The van der Waals surface area contributed by atoms with Crippen LogP contribution in [0.2, 0.25) is 0 Å². The van der Waals surface area contributed by atoms with Gasteiger partial charge < -0.3 is 15.0 Å². The number of hydrogen-bond acceptors (Lipinski definition) is 4. The van der Waals surface area contributed by atoms with Gasteiger partial charge in [-0.15, -0.1) is 0 Å². The Morgan fingerprint density at radius 1 is 1.24 bits per heavy atom. The molecule has 2 fully saturated rings. The zero-order chi connectivity index (χ0) is 20.2. The molecule has 4 rings (SSSR count). The Balaban J connectivity index is 1.60. The number of amides is 1. The van der Waals surface area contributed by atoms with Crippen molar-refractivity contribution in [3.05, 3.63) is 54.2 Å². The fraction of sp³-hybridized carbons (Fsp3) is 0.478. The molecule has 1 N–H and O–H groups in total. The number of carbonyl (C=O) groups is 1. The van der Waals surface area contributed by atoms with Gasteiger partial charge in [0.05, 0.1) is 31.1 Å². The van der Waals surface area contributed by atoms with Crippen molar-refractivity contribution in [2.45, 2.75) is 38.6 Å². The number of aromatic nitrogens is 2. The smallest absolute Gasteiger partial charge is 0.257 e. The highest BCUT2D eigenvalue weighted by atomic mass is 16.5. The predicted octanol–water partition coefficient (Wildman–Crippen LogP) is 3.57. The third-order valence-electron chi connectivity index (χ3n) is 6.09. The average molecular weight is 395 g/mol. The van der Waals surface area contributed by atoms with Gasteiger partial charge in [0.1, 0.15) is 11.4 Å². The quantitative estimate of drug-likeness (QED) is 0.788. The second-order valence-corrected chi connectivity index (χ2v) is 7.97. The Kier molecular flexibility index (Phi) is 6.00. The van der Waals surface area contributed by atoms with Gasteiger partial charge in [-0.1, -0.05) is 43.7 Å². The van der Waals surface area contributed by atoms with Gasteiger partial charge in [-0.05, 0) is 37.3 Å². The zero-order valence-corrected chi connectivity index (χ0v) is 17.1. The molecule has 1 aromatic carbocycles. The predicted molar refractivity (Wildman–Crippen MR) is 115 cm³/mol. The van der Waals surface area contributed by atoms with Gasteiger partial charge in [0.2, 0.25) is 0 Å². The first-order valence-corrected chi connectivity index (χ1v) is 10.6. The lowest BCUT2D eigenvalue weighted by Gasteiger charge is -2.32. The minimum atomic E-state index is -0.0743. The summed E-state index contributed by atoms with van der Waals surface area (Å²) in [5.41, 5.74) is 2.70. The number of hydrogen-bond donors (Lipinski definition) is 1. The molecule has 1 amide bonds. The summed E-state index contributed by atoms with van der Waals surface area (Å²) in [5.74, 6) is 1.46. The van der Waals surface area contributed by atoms with Crippen molar-refractivity contribution < 1.29 is 9.53 Å². The van der Waals surface area contributed by atoms with Gasteiger partial charge in [0, 0.05) is 13.1 Å². The van der Waals surface area contributed by atoms with E-state index in [4.69, 9.17) is 4.74 Å². The molecule has 29 heavy (non-hydrogen) atoms. The summed E-state index contributed by atoms with van der Waals surface area (Å²) in [5, 5.41) is 7.80. The lowest BCUT2D eigenvalue weighted by molar-refractivity contribution is 0.0933. The lowest BCUT2D eigenvalue weighted by atomic mass is 9.81. The van der Waals surface area contributed by atoms with Crippen LogP contribution in [0.4, 0.5) is 5.82 Å². The van der Waals surface area contributed by atoms with Crippen molar-refractivity contribution in [3.8, 4) is 5.69 Å². The number of ether oxygens (including phenoxy) is 1. The van der Waals surface area contributed by atoms with Crippen LogP contribution in [0.15, 0.2) is 48.7 Å². The van der Waals surface area contributed by atoms with E-state index in [1.807, 2.05) is 35.0 Å². The molecule has 1 aliphatic carbocycles. The molecule has 2 aliphatic rings. The molecule has 0 bridgehead atoms. The summed E-state index contributed by atoms with van der Waals surface area (Å²) in [6.45, 7) is 9.26. The maximum absolute atomic E-state index is 13.3. The van der Waals surface area contributed by atoms with Crippen LogP contribution in [-0.2, 0) is 4.74 Å². The summed E-state index contributed by atoms with van der Waals surface area (Å²) in [6.07, 6.45) is 5.96. The van der Waals surface area contributed by atoms with Crippen molar-refractivity contribution in [2.24, 2.45) is 5.92 Å². The SMILES string of the molecule is C=C1CC(CC)CCC1NC(=O)c1cnn(-c2ccccc2)c1N1CCOCC1. The molecule has 2 atom stereocenters. The molecular weight excluding hydrogens is 364 g/mol. The van der Waals surface area contributed by atoms with E-state index in [0.717, 1.165) is 49.4 Å². The first kappa shape index (κ1) is 19.7. The molecular formula is C23H30N4O2. The normalized spacial score (nSPS) is 22.5. The van der Waals surface area contributed by atoms with Crippen LogP contribution in [0.3, 0.4) is 0 Å². The second kappa shape index (κ2) is 8.82. The molecule has 1 aliphatic heterocycles. The molecule has 0 spiro atoms. The van der Waals surface area contributed by atoms with E-state index in [0.29, 0.717) is 24.7 Å². The number of nitrogens with one attached hydrogen (secondary N) is 1. The molecule has 6 heteroatoms. The van der Waals surface area contributed by atoms with Crippen molar-refractivity contribution in [2.75, 3.05) is 31.2 Å². The van der Waals surface area contributed by atoms with Gasteiger partial charge >= 0.3 is 0 Å². The Morgan fingerprint density at radius 2 is 2.00 bits per heavy atom. The number of carbonyl (C=O) groups excluding carboxylic acids is 1. The molecule has 1 saturated carbocycles. The Labute approximate surface area is 172 Å². The minimum Gasteiger partial charge on any atom is -0.378 e. The molecule has 6 nitrogen and oxygen atoms in total. The summed E-state index contributed by atoms with van der Waals surface area (Å²) in [7, 11) is 0. The summed E-state index contributed by atoms with van der Waals surface area (Å²) in [6, 6.07) is 10.0. The fourth-order valence-corrected chi connectivity index (χ4v) is 4.32. The van der Waals surface area contributed by atoms with E-state index in [2.05, 4.69) is 28.8 Å². The number of morpholine rings is 1. The van der Waals surface area contributed by atoms with Gasteiger partial charge in [0.15, 0.2) is 0 Å². The van der Waals surface area contributed by atoms with Gasteiger partial charge in [-0.3, -0.25) is 4.79 Å². The number of benzene rings is 1. The molecule has 2 aromatic rings. The first-order chi connectivity index (χ1) is 14.2. The van der Waals surface area contributed by atoms with Gasteiger partial charge in [0.25, 0.3) is 5.91 Å². The highest BCUT2D eigenvalue weighted by Crippen LogP contribution is 2.31. The van der Waals surface area contributed by atoms with Gasteiger partial charge in [-0.2, -0.15) is 5.10 Å². The number of para-hydroxylation sites is 1. The maximum atomic E-state index is 13.3. The number of anilines is 1. The van der Waals surface area contributed by atoms with Crippen molar-refractivity contribution in [1.29, 1.82) is 0 Å². The summed E-state index contributed by atoms with van der Waals surface area (Å²) in [4.78, 5) is 15.4. The summed E-state index contributed by atoms with van der Waals surface area (Å²) >= 11 is 0. The molecule has 2 unspecified atom stereocenters. The summed E-state index contributed by atoms with van der Waals surface area (Å²) < 4.78 is 7.38.